The fraction of sp³-hybridized carbons (Fsp3) is 0.520. The predicted octanol–water partition coefficient (Wildman–Crippen LogP) is -1.90. The summed E-state index contributed by atoms with van der Waals surface area (Å²) in [6.07, 6.45) is 2.10. The van der Waals surface area contributed by atoms with Crippen LogP contribution in [0, 0.1) is 0 Å². The normalized spacial score (nSPS) is 23.9. The molecule has 234 valence electrons. The van der Waals surface area contributed by atoms with Crippen molar-refractivity contribution in [1.29, 1.82) is 0 Å². The molecule has 1 aromatic rings. The Hall–Kier alpha value is -4.52. The fourth-order valence-corrected chi connectivity index (χ4v) is 5.20. The maximum absolute atomic E-state index is 12.5. The number of nitrogens with two attached hydrogens (primary N) is 2. The Bertz CT molecular complexity index is 1220. The predicted molar refractivity (Wildman–Crippen MR) is 141 cm³/mol. The summed E-state index contributed by atoms with van der Waals surface area (Å²) in [4.78, 5) is 86.8. The van der Waals surface area contributed by atoms with Crippen LogP contribution in [0.1, 0.15) is 31.2 Å². The Labute approximate surface area is 245 Å². The SMILES string of the molecule is NC(=O)CONC(=O)[C@@H]1CC[C@@H]2CN1C(=O)N2O.NC(=O)CONC(=O)[C@@H]1CC[C@@H]2CN1C(=O)N2OCc1ccccc1. The number of primary amides is 2. The van der Waals surface area contributed by atoms with E-state index < -0.39 is 55.0 Å². The van der Waals surface area contributed by atoms with E-state index in [2.05, 4.69) is 15.8 Å². The third-order valence-corrected chi connectivity index (χ3v) is 7.26. The summed E-state index contributed by atoms with van der Waals surface area (Å²) >= 11 is 0. The van der Waals surface area contributed by atoms with E-state index in [4.69, 9.17) is 21.1 Å². The molecule has 7 N–H and O–H groups in total. The minimum absolute atomic E-state index is 0.0770. The molecule has 4 aliphatic rings. The summed E-state index contributed by atoms with van der Waals surface area (Å²) in [5.41, 5.74) is 15.0. The first-order valence-electron chi connectivity index (χ1n) is 13.5. The van der Waals surface area contributed by atoms with Crippen molar-refractivity contribution < 1.29 is 48.5 Å². The summed E-state index contributed by atoms with van der Waals surface area (Å²) < 4.78 is 0. The van der Waals surface area contributed by atoms with Crippen molar-refractivity contribution in [2.75, 3.05) is 26.3 Å². The summed E-state index contributed by atoms with van der Waals surface area (Å²) in [6, 6.07) is 6.94. The molecule has 18 nitrogen and oxygen atoms in total. The zero-order chi connectivity index (χ0) is 31.1. The van der Waals surface area contributed by atoms with Gasteiger partial charge in [-0.25, -0.2) is 25.6 Å². The number of hydrogen-bond donors (Lipinski definition) is 5. The molecule has 0 unspecified atom stereocenters. The summed E-state index contributed by atoms with van der Waals surface area (Å²) in [5.74, 6) is -2.41. The number of nitrogens with zero attached hydrogens (tertiary/aromatic N) is 4. The molecule has 4 aliphatic heterocycles. The van der Waals surface area contributed by atoms with E-state index in [9.17, 15) is 34.0 Å². The van der Waals surface area contributed by atoms with Crippen LogP contribution in [0.25, 0.3) is 0 Å². The molecule has 0 spiro atoms. The summed E-state index contributed by atoms with van der Waals surface area (Å²) in [6.45, 7) is 0.169. The van der Waals surface area contributed by atoms with E-state index in [0.29, 0.717) is 43.8 Å². The molecule has 1 aromatic carbocycles. The maximum atomic E-state index is 12.5. The van der Waals surface area contributed by atoms with Crippen molar-refractivity contribution >= 4 is 35.7 Å². The van der Waals surface area contributed by atoms with Gasteiger partial charge in [0.15, 0.2) is 13.2 Å². The van der Waals surface area contributed by atoms with Gasteiger partial charge in [0.25, 0.3) is 11.8 Å². The lowest BCUT2D eigenvalue weighted by molar-refractivity contribution is -0.143. The molecule has 5 rings (SSSR count). The number of benzene rings is 1. The van der Waals surface area contributed by atoms with E-state index in [1.54, 1.807) is 0 Å². The lowest BCUT2D eigenvalue weighted by Crippen LogP contribution is -2.50. The Morgan fingerprint density at radius 1 is 0.791 bits per heavy atom. The molecule has 0 aliphatic carbocycles. The number of carbonyl (C=O) groups is 6. The van der Waals surface area contributed by atoms with Crippen LogP contribution in [-0.2, 0) is 40.3 Å². The van der Waals surface area contributed by atoms with Gasteiger partial charge in [-0.2, -0.15) is 5.06 Å². The minimum atomic E-state index is -0.710. The van der Waals surface area contributed by atoms with Crippen LogP contribution in [0.3, 0.4) is 0 Å². The van der Waals surface area contributed by atoms with Crippen molar-refractivity contribution in [1.82, 2.24) is 30.9 Å². The van der Waals surface area contributed by atoms with Crippen LogP contribution in [0.4, 0.5) is 9.59 Å². The van der Waals surface area contributed by atoms with Gasteiger partial charge < -0.3 is 21.3 Å². The Morgan fingerprint density at radius 3 is 1.86 bits per heavy atom. The fourth-order valence-electron chi connectivity index (χ4n) is 5.20. The molecular formula is C25H34N8O10. The molecule has 0 radical (unpaired) electrons. The smallest absolute Gasteiger partial charge is 0.345 e. The average molecular weight is 607 g/mol. The molecule has 4 bridgehead atoms. The van der Waals surface area contributed by atoms with E-state index in [1.165, 1.54) is 14.9 Å². The topological polar surface area (TPSA) is 239 Å². The van der Waals surface area contributed by atoms with E-state index in [-0.39, 0.29) is 24.7 Å². The van der Waals surface area contributed by atoms with Gasteiger partial charge in [-0.3, -0.25) is 38.9 Å². The van der Waals surface area contributed by atoms with Gasteiger partial charge in [0.05, 0.1) is 12.1 Å². The van der Waals surface area contributed by atoms with Crippen molar-refractivity contribution in [3.05, 3.63) is 35.9 Å². The second kappa shape index (κ2) is 14.1. The highest BCUT2D eigenvalue weighted by Gasteiger charge is 2.48. The first kappa shape index (κ1) is 31.4. The van der Waals surface area contributed by atoms with Gasteiger partial charge in [-0.15, -0.1) is 0 Å². The third-order valence-electron chi connectivity index (χ3n) is 7.26. The molecule has 18 heteroatoms. The summed E-state index contributed by atoms with van der Waals surface area (Å²) in [7, 11) is 0. The maximum Gasteiger partial charge on any atom is 0.345 e. The first-order chi connectivity index (χ1) is 20.6. The highest BCUT2D eigenvalue weighted by molar-refractivity contribution is 5.89. The molecule has 0 saturated carbocycles. The molecule has 4 heterocycles. The zero-order valence-electron chi connectivity index (χ0n) is 23.1. The first-order valence-corrected chi connectivity index (χ1v) is 13.5. The molecular weight excluding hydrogens is 572 g/mol. The van der Waals surface area contributed by atoms with Gasteiger partial charge in [-0.05, 0) is 31.2 Å². The Balaban J connectivity index is 0.000000208. The second-order valence-corrected chi connectivity index (χ2v) is 10.2. The second-order valence-electron chi connectivity index (χ2n) is 10.2. The van der Waals surface area contributed by atoms with Crippen LogP contribution < -0.4 is 22.4 Å². The molecule has 8 amide bonds. The number of hydrogen-bond acceptors (Lipinski definition) is 10. The van der Waals surface area contributed by atoms with Gasteiger partial charge in [0, 0.05) is 13.1 Å². The monoisotopic (exact) mass is 606 g/mol. The number of fused-ring (bicyclic) bond motifs is 4. The lowest BCUT2D eigenvalue weighted by Gasteiger charge is -2.28. The van der Waals surface area contributed by atoms with Gasteiger partial charge in [0.2, 0.25) is 11.8 Å². The summed E-state index contributed by atoms with van der Waals surface area (Å²) in [5, 5.41) is 11.4. The number of hydroxylamine groups is 6. The quantitative estimate of drug-likeness (QED) is 0.138. The standard InChI is InChI=1S/C16H20N4O5.C9H14N4O5/c17-14(21)10-24-18-15(22)13-7-6-12-8-19(13)16(23)20(12)25-9-11-4-2-1-3-5-11;10-7(14)4-18-11-8(15)6-2-1-5-3-12(6)9(16)13(5)17/h1-5,12-13H,6-10H2,(H2,17,21)(H,18,22);5-6,17H,1-4H2,(H2,10,14)(H,11,15)/t12-,13+;5-,6+/m11/s1. The van der Waals surface area contributed by atoms with Crippen LogP contribution in [-0.4, -0.2) is 111 Å². The number of urea groups is 2. The molecule has 0 aromatic heterocycles. The van der Waals surface area contributed by atoms with Crippen molar-refractivity contribution in [2.24, 2.45) is 11.5 Å². The number of carbonyl (C=O) groups excluding carboxylic acids is 6. The van der Waals surface area contributed by atoms with Crippen molar-refractivity contribution in [3.8, 4) is 0 Å². The highest BCUT2D eigenvalue weighted by atomic mass is 16.7. The van der Waals surface area contributed by atoms with Crippen LogP contribution in [0.5, 0.6) is 0 Å². The molecule has 4 atom stereocenters. The van der Waals surface area contributed by atoms with Gasteiger partial charge >= 0.3 is 12.1 Å². The molecule has 43 heavy (non-hydrogen) atoms. The van der Waals surface area contributed by atoms with Crippen LogP contribution in [0.2, 0.25) is 0 Å². The van der Waals surface area contributed by atoms with Crippen molar-refractivity contribution in [3.63, 3.8) is 0 Å². The number of piperidine rings is 2. The van der Waals surface area contributed by atoms with Gasteiger partial charge in [0.1, 0.15) is 18.7 Å². The molecule has 4 saturated heterocycles. The Morgan fingerprint density at radius 2 is 1.30 bits per heavy atom. The number of nitrogens with one attached hydrogen (secondary N) is 2. The highest BCUT2D eigenvalue weighted by Crippen LogP contribution is 2.31. The van der Waals surface area contributed by atoms with Gasteiger partial charge in [-0.1, -0.05) is 30.3 Å². The van der Waals surface area contributed by atoms with Crippen LogP contribution in [0.15, 0.2) is 30.3 Å². The zero-order valence-corrected chi connectivity index (χ0v) is 23.1. The number of amides is 8. The largest absolute Gasteiger partial charge is 0.368 e. The third kappa shape index (κ3) is 7.66. The average Bonchev–Trinajstić information content (AvgIpc) is 3.35. The molecule has 4 fully saturated rings. The van der Waals surface area contributed by atoms with Crippen LogP contribution >= 0.6 is 0 Å². The van der Waals surface area contributed by atoms with E-state index in [0.717, 1.165) is 5.56 Å². The lowest BCUT2D eigenvalue weighted by atomic mass is 10.0. The minimum Gasteiger partial charge on any atom is -0.368 e. The van der Waals surface area contributed by atoms with E-state index in [1.807, 2.05) is 30.3 Å². The Kier molecular flexibility index (Phi) is 10.3. The number of rotatable bonds is 11. The van der Waals surface area contributed by atoms with E-state index >= 15 is 0 Å². The van der Waals surface area contributed by atoms with Crippen molar-refractivity contribution in [2.45, 2.75) is 56.5 Å².